The van der Waals surface area contributed by atoms with Gasteiger partial charge in [0.1, 0.15) is 5.75 Å². The zero-order valence-corrected chi connectivity index (χ0v) is 8.60. The predicted octanol–water partition coefficient (Wildman–Crippen LogP) is 1.32. The van der Waals surface area contributed by atoms with Gasteiger partial charge in [0.15, 0.2) is 5.69 Å². The minimum Gasteiger partial charge on any atom is -0.505 e. The highest BCUT2D eigenvalue weighted by Gasteiger charge is 2.27. The van der Waals surface area contributed by atoms with Gasteiger partial charge in [-0.1, -0.05) is 6.92 Å². The van der Waals surface area contributed by atoms with Crippen molar-refractivity contribution < 1.29 is 9.90 Å². The number of carbonyl (C=O) groups excluding carboxylic acids is 1. The van der Waals surface area contributed by atoms with E-state index in [0.29, 0.717) is 5.92 Å². The molecular weight excluding hydrogens is 192 g/mol. The third-order valence-electron chi connectivity index (χ3n) is 2.71. The lowest BCUT2D eigenvalue weighted by Gasteiger charge is -2.33. The first-order chi connectivity index (χ1) is 7.16. The van der Waals surface area contributed by atoms with Gasteiger partial charge in [-0.25, -0.2) is 4.98 Å². The van der Waals surface area contributed by atoms with Crippen LogP contribution in [0.1, 0.15) is 30.3 Å². The average molecular weight is 206 g/mol. The first kappa shape index (κ1) is 9.96. The standard InChI is InChI=1S/C11H14N2O2/c1-7-5-8(6-7)13-11(15)10-9(14)3-2-4-12-10/h2-4,7-8,14H,5-6H2,1H3,(H,13,15). The molecule has 0 atom stereocenters. The highest BCUT2D eigenvalue weighted by molar-refractivity contribution is 5.94. The number of aromatic nitrogens is 1. The number of carbonyl (C=O) groups is 1. The van der Waals surface area contributed by atoms with Crippen LogP contribution in [0.4, 0.5) is 0 Å². The lowest BCUT2D eigenvalue weighted by Crippen LogP contribution is -2.43. The summed E-state index contributed by atoms with van der Waals surface area (Å²) in [6.45, 7) is 2.15. The van der Waals surface area contributed by atoms with E-state index in [1.165, 1.54) is 12.3 Å². The molecule has 1 amide bonds. The number of amides is 1. The van der Waals surface area contributed by atoms with E-state index < -0.39 is 0 Å². The summed E-state index contributed by atoms with van der Waals surface area (Å²) in [6, 6.07) is 3.30. The largest absolute Gasteiger partial charge is 0.505 e. The molecule has 0 spiro atoms. The Morgan fingerprint density at radius 3 is 2.93 bits per heavy atom. The van der Waals surface area contributed by atoms with Crippen LogP contribution in [0.5, 0.6) is 5.75 Å². The van der Waals surface area contributed by atoms with Crippen molar-refractivity contribution in [2.75, 3.05) is 0 Å². The molecule has 0 unspecified atom stereocenters. The van der Waals surface area contributed by atoms with Crippen LogP contribution in [0.2, 0.25) is 0 Å². The number of hydrogen-bond acceptors (Lipinski definition) is 3. The molecule has 1 heterocycles. The molecule has 1 aromatic rings. The van der Waals surface area contributed by atoms with E-state index in [1.54, 1.807) is 6.07 Å². The Morgan fingerprint density at radius 1 is 1.60 bits per heavy atom. The summed E-state index contributed by atoms with van der Waals surface area (Å²) < 4.78 is 0. The Balaban J connectivity index is 1.99. The van der Waals surface area contributed by atoms with Crippen molar-refractivity contribution in [3.05, 3.63) is 24.0 Å². The van der Waals surface area contributed by atoms with Crippen LogP contribution in [0.15, 0.2) is 18.3 Å². The van der Waals surface area contributed by atoms with Crippen LogP contribution < -0.4 is 5.32 Å². The molecule has 0 saturated heterocycles. The van der Waals surface area contributed by atoms with Crippen LogP contribution in [-0.2, 0) is 0 Å². The third kappa shape index (κ3) is 2.09. The molecule has 1 fully saturated rings. The molecule has 1 aromatic heterocycles. The molecule has 80 valence electrons. The van der Waals surface area contributed by atoms with Gasteiger partial charge in [0.2, 0.25) is 0 Å². The molecule has 1 aliphatic carbocycles. The fourth-order valence-corrected chi connectivity index (χ4v) is 1.85. The molecule has 0 bridgehead atoms. The number of aromatic hydroxyl groups is 1. The number of pyridine rings is 1. The van der Waals surface area contributed by atoms with E-state index in [0.717, 1.165) is 12.8 Å². The van der Waals surface area contributed by atoms with Gasteiger partial charge in [-0.05, 0) is 30.9 Å². The maximum Gasteiger partial charge on any atom is 0.273 e. The van der Waals surface area contributed by atoms with Crippen LogP contribution >= 0.6 is 0 Å². The van der Waals surface area contributed by atoms with Crippen LogP contribution in [0.3, 0.4) is 0 Å². The van der Waals surface area contributed by atoms with E-state index in [9.17, 15) is 9.90 Å². The minimum atomic E-state index is -0.287. The van der Waals surface area contributed by atoms with Crippen molar-refractivity contribution in [1.82, 2.24) is 10.3 Å². The monoisotopic (exact) mass is 206 g/mol. The second-order valence-corrected chi connectivity index (χ2v) is 4.12. The topological polar surface area (TPSA) is 62.2 Å². The highest BCUT2D eigenvalue weighted by atomic mass is 16.3. The summed E-state index contributed by atoms with van der Waals surface area (Å²) in [5.41, 5.74) is 0.108. The minimum absolute atomic E-state index is 0.0672. The lowest BCUT2D eigenvalue weighted by atomic mass is 9.82. The maximum atomic E-state index is 11.6. The molecular formula is C11H14N2O2. The zero-order chi connectivity index (χ0) is 10.8. The molecule has 0 aromatic carbocycles. The molecule has 2 N–H and O–H groups in total. The van der Waals surface area contributed by atoms with Crippen molar-refractivity contribution in [2.24, 2.45) is 5.92 Å². The van der Waals surface area contributed by atoms with Gasteiger partial charge in [0, 0.05) is 12.2 Å². The molecule has 1 saturated carbocycles. The fraction of sp³-hybridized carbons (Fsp3) is 0.455. The third-order valence-corrected chi connectivity index (χ3v) is 2.71. The van der Waals surface area contributed by atoms with Crippen LogP contribution in [-0.4, -0.2) is 22.0 Å². The van der Waals surface area contributed by atoms with Crippen molar-refractivity contribution in [2.45, 2.75) is 25.8 Å². The number of nitrogens with zero attached hydrogens (tertiary/aromatic N) is 1. The van der Waals surface area contributed by atoms with E-state index in [2.05, 4.69) is 17.2 Å². The first-order valence-electron chi connectivity index (χ1n) is 5.11. The Morgan fingerprint density at radius 2 is 2.33 bits per heavy atom. The molecule has 1 aliphatic rings. The fourth-order valence-electron chi connectivity index (χ4n) is 1.85. The summed E-state index contributed by atoms with van der Waals surface area (Å²) in [5.74, 6) is 0.333. The second-order valence-electron chi connectivity index (χ2n) is 4.12. The van der Waals surface area contributed by atoms with Gasteiger partial charge in [0.05, 0.1) is 0 Å². The van der Waals surface area contributed by atoms with Crippen LogP contribution in [0, 0.1) is 5.92 Å². The van der Waals surface area contributed by atoms with E-state index in [-0.39, 0.29) is 23.4 Å². The molecule has 15 heavy (non-hydrogen) atoms. The van der Waals surface area contributed by atoms with Crippen molar-refractivity contribution in [3.8, 4) is 5.75 Å². The van der Waals surface area contributed by atoms with Crippen molar-refractivity contribution in [1.29, 1.82) is 0 Å². The van der Waals surface area contributed by atoms with Gasteiger partial charge in [-0.2, -0.15) is 0 Å². The SMILES string of the molecule is CC1CC(NC(=O)c2ncccc2O)C1. The number of nitrogens with one attached hydrogen (secondary N) is 1. The smallest absolute Gasteiger partial charge is 0.273 e. The number of rotatable bonds is 2. The van der Waals surface area contributed by atoms with Gasteiger partial charge in [-0.3, -0.25) is 4.79 Å². The summed E-state index contributed by atoms with van der Waals surface area (Å²) in [4.78, 5) is 15.5. The normalized spacial score (nSPS) is 24.3. The summed E-state index contributed by atoms with van der Waals surface area (Å²) in [5, 5.41) is 12.3. The molecule has 4 heteroatoms. The molecule has 2 rings (SSSR count). The van der Waals surface area contributed by atoms with E-state index in [4.69, 9.17) is 0 Å². The average Bonchev–Trinajstić information content (AvgIpc) is 2.16. The van der Waals surface area contributed by atoms with Crippen molar-refractivity contribution >= 4 is 5.91 Å². The van der Waals surface area contributed by atoms with Crippen LogP contribution in [0.25, 0.3) is 0 Å². The van der Waals surface area contributed by atoms with Gasteiger partial charge in [0.25, 0.3) is 5.91 Å². The Hall–Kier alpha value is -1.58. The van der Waals surface area contributed by atoms with E-state index in [1.807, 2.05) is 0 Å². The summed E-state index contributed by atoms with van der Waals surface area (Å²) in [7, 11) is 0. The summed E-state index contributed by atoms with van der Waals surface area (Å²) in [6.07, 6.45) is 3.52. The Kier molecular flexibility index (Phi) is 2.58. The van der Waals surface area contributed by atoms with Gasteiger partial charge >= 0.3 is 0 Å². The quantitative estimate of drug-likeness (QED) is 0.767. The van der Waals surface area contributed by atoms with Gasteiger partial charge in [-0.15, -0.1) is 0 Å². The predicted molar refractivity (Wildman–Crippen MR) is 55.6 cm³/mol. The first-order valence-corrected chi connectivity index (χ1v) is 5.11. The molecule has 4 nitrogen and oxygen atoms in total. The Bertz CT molecular complexity index is 373. The molecule has 0 radical (unpaired) electrons. The second kappa shape index (κ2) is 3.88. The zero-order valence-electron chi connectivity index (χ0n) is 8.60. The van der Waals surface area contributed by atoms with Gasteiger partial charge < -0.3 is 10.4 Å². The molecule has 0 aliphatic heterocycles. The lowest BCUT2D eigenvalue weighted by molar-refractivity contribution is 0.0888. The highest BCUT2D eigenvalue weighted by Crippen LogP contribution is 2.26. The maximum absolute atomic E-state index is 11.6. The Labute approximate surface area is 88.3 Å². The van der Waals surface area contributed by atoms with E-state index >= 15 is 0 Å². The number of hydrogen-bond donors (Lipinski definition) is 2. The van der Waals surface area contributed by atoms with Crippen molar-refractivity contribution in [3.63, 3.8) is 0 Å². The summed E-state index contributed by atoms with van der Waals surface area (Å²) >= 11 is 0.